The van der Waals surface area contributed by atoms with Gasteiger partial charge >= 0.3 is 5.97 Å². The van der Waals surface area contributed by atoms with Crippen molar-refractivity contribution in [2.24, 2.45) is 15.8 Å². The van der Waals surface area contributed by atoms with Gasteiger partial charge in [0.2, 0.25) is 5.90 Å². The average molecular weight is 349 g/mol. The number of ether oxygens (including phenoxy) is 3. The third-order valence-electron chi connectivity index (χ3n) is 6.48. The first-order valence-corrected chi connectivity index (χ1v) is 8.77. The molecule has 5 nitrogen and oxygen atoms in total. The van der Waals surface area contributed by atoms with Gasteiger partial charge in [-0.1, -0.05) is 32.9 Å². The molecule has 2 aliphatic rings. The fraction of sp³-hybridized carbons (Fsp3) is 0.700. The Morgan fingerprint density at radius 3 is 2.24 bits per heavy atom. The summed E-state index contributed by atoms with van der Waals surface area (Å²) in [5.41, 5.74) is -2.46. The first-order valence-electron chi connectivity index (χ1n) is 8.77. The number of aliphatic imine (C=N–C) groups is 1. The lowest BCUT2D eigenvalue weighted by Crippen LogP contribution is -2.62. The second-order valence-electron chi connectivity index (χ2n) is 7.97. The minimum absolute atomic E-state index is 0.155. The summed E-state index contributed by atoms with van der Waals surface area (Å²) in [6, 6.07) is 0. The second kappa shape index (κ2) is 6.60. The van der Waals surface area contributed by atoms with E-state index >= 15 is 0 Å². The fourth-order valence-corrected chi connectivity index (χ4v) is 4.35. The molecule has 1 saturated carbocycles. The molecule has 1 spiro atoms. The van der Waals surface area contributed by atoms with Crippen molar-refractivity contribution in [3.8, 4) is 0 Å². The van der Waals surface area contributed by atoms with Crippen LogP contribution in [0.1, 0.15) is 46.5 Å². The number of hydrogen-bond donors (Lipinski definition) is 0. The van der Waals surface area contributed by atoms with Crippen molar-refractivity contribution < 1.29 is 19.0 Å². The normalized spacial score (nSPS) is 32.8. The molecule has 1 fully saturated rings. The summed E-state index contributed by atoms with van der Waals surface area (Å²) in [4.78, 5) is 17.8. The van der Waals surface area contributed by atoms with E-state index in [1.807, 2.05) is 0 Å². The lowest BCUT2D eigenvalue weighted by molar-refractivity contribution is -0.178. The van der Waals surface area contributed by atoms with E-state index in [4.69, 9.17) is 19.2 Å². The maximum atomic E-state index is 13.1. The van der Waals surface area contributed by atoms with Crippen molar-refractivity contribution in [3.05, 3.63) is 25.3 Å². The molecule has 25 heavy (non-hydrogen) atoms. The molecule has 0 unspecified atom stereocenters. The standard InChI is InChI=1S/C20H31NO4/c1-8-10-19(11-9-2)16(22)25-20(15(21-19)24-7)13-12-18(5,14-23-6)17(20,3)4/h8-9H,1-2,10-14H2,3-7H3/t18-,20+/m0/s1. The van der Waals surface area contributed by atoms with Crippen molar-refractivity contribution in [3.63, 3.8) is 0 Å². The van der Waals surface area contributed by atoms with Crippen LogP contribution in [0.25, 0.3) is 0 Å². The van der Waals surface area contributed by atoms with Crippen molar-refractivity contribution in [2.45, 2.75) is 57.6 Å². The average Bonchev–Trinajstić information content (AvgIpc) is 2.73. The van der Waals surface area contributed by atoms with Crippen LogP contribution >= 0.6 is 0 Å². The van der Waals surface area contributed by atoms with Gasteiger partial charge in [-0.15, -0.1) is 13.2 Å². The van der Waals surface area contributed by atoms with E-state index in [1.54, 1.807) is 26.4 Å². The van der Waals surface area contributed by atoms with Gasteiger partial charge in [0.1, 0.15) is 0 Å². The first kappa shape index (κ1) is 19.7. The van der Waals surface area contributed by atoms with Gasteiger partial charge in [-0.25, -0.2) is 9.79 Å². The lowest BCUT2D eigenvalue weighted by atomic mass is 9.63. The molecular formula is C20H31NO4. The zero-order valence-corrected chi connectivity index (χ0v) is 16.2. The van der Waals surface area contributed by atoms with Gasteiger partial charge in [0.15, 0.2) is 11.1 Å². The van der Waals surface area contributed by atoms with Crippen LogP contribution in [0.15, 0.2) is 30.3 Å². The molecule has 1 heterocycles. The third-order valence-corrected chi connectivity index (χ3v) is 6.48. The Morgan fingerprint density at radius 2 is 1.76 bits per heavy atom. The largest absolute Gasteiger partial charge is 0.481 e. The Labute approximate surface area is 151 Å². The van der Waals surface area contributed by atoms with E-state index in [-0.39, 0.29) is 11.4 Å². The highest BCUT2D eigenvalue weighted by molar-refractivity contribution is 5.97. The summed E-state index contributed by atoms with van der Waals surface area (Å²) in [6.45, 7) is 14.5. The first-order chi connectivity index (χ1) is 11.7. The fourth-order valence-electron chi connectivity index (χ4n) is 4.35. The molecule has 0 aromatic rings. The molecule has 5 heteroatoms. The van der Waals surface area contributed by atoms with Crippen LogP contribution in [-0.2, 0) is 19.0 Å². The summed E-state index contributed by atoms with van der Waals surface area (Å²) in [5, 5.41) is 0. The number of rotatable bonds is 6. The minimum Gasteiger partial charge on any atom is -0.481 e. The topological polar surface area (TPSA) is 57.1 Å². The Balaban J connectivity index is 2.59. The van der Waals surface area contributed by atoms with Crippen molar-refractivity contribution in [2.75, 3.05) is 20.8 Å². The number of nitrogens with zero attached hydrogens (tertiary/aromatic N) is 1. The molecule has 2 atom stereocenters. The van der Waals surface area contributed by atoms with Crippen molar-refractivity contribution >= 4 is 11.9 Å². The minimum atomic E-state index is -1.03. The third kappa shape index (κ3) is 2.64. The highest BCUT2D eigenvalue weighted by Gasteiger charge is 2.69. The molecule has 0 aromatic heterocycles. The van der Waals surface area contributed by atoms with Gasteiger partial charge in [0.05, 0.1) is 13.7 Å². The van der Waals surface area contributed by atoms with Crippen LogP contribution in [0.4, 0.5) is 0 Å². The molecule has 0 bridgehead atoms. The Morgan fingerprint density at radius 1 is 1.16 bits per heavy atom. The second-order valence-corrected chi connectivity index (χ2v) is 7.97. The van der Waals surface area contributed by atoms with Crippen LogP contribution in [0.2, 0.25) is 0 Å². The zero-order chi connectivity index (χ0) is 18.9. The van der Waals surface area contributed by atoms with Crippen LogP contribution in [0.3, 0.4) is 0 Å². The number of esters is 1. The monoisotopic (exact) mass is 349 g/mol. The Kier molecular flexibility index (Phi) is 5.20. The summed E-state index contributed by atoms with van der Waals surface area (Å²) in [5.74, 6) is 0.156. The number of carbonyl (C=O) groups is 1. The van der Waals surface area contributed by atoms with Crippen molar-refractivity contribution in [1.29, 1.82) is 0 Å². The van der Waals surface area contributed by atoms with Crippen LogP contribution in [-0.4, -0.2) is 43.8 Å². The molecule has 0 aromatic carbocycles. The molecule has 0 amide bonds. The molecule has 0 saturated heterocycles. The molecular weight excluding hydrogens is 318 g/mol. The molecule has 2 rings (SSSR count). The highest BCUT2D eigenvalue weighted by atomic mass is 16.6. The van der Waals surface area contributed by atoms with Crippen molar-refractivity contribution in [1.82, 2.24) is 0 Å². The van der Waals surface area contributed by atoms with E-state index in [0.717, 1.165) is 6.42 Å². The van der Waals surface area contributed by atoms with Gasteiger partial charge in [-0.05, 0) is 12.8 Å². The lowest BCUT2D eigenvalue weighted by Gasteiger charge is -2.50. The zero-order valence-electron chi connectivity index (χ0n) is 16.2. The Bertz CT molecular complexity index is 585. The van der Waals surface area contributed by atoms with Gasteiger partial charge in [0, 0.05) is 30.8 Å². The summed E-state index contributed by atoms with van der Waals surface area (Å²) >= 11 is 0. The molecule has 0 radical (unpaired) electrons. The van der Waals surface area contributed by atoms with Gasteiger partial charge < -0.3 is 14.2 Å². The summed E-state index contributed by atoms with van der Waals surface area (Å²) in [7, 11) is 3.29. The molecule has 0 N–H and O–H groups in total. The van der Waals surface area contributed by atoms with E-state index in [0.29, 0.717) is 31.8 Å². The predicted molar refractivity (Wildman–Crippen MR) is 98.6 cm³/mol. The van der Waals surface area contributed by atoms with Crippen LogP contribution in [0.5, 0.6) is 0 Å². The SMILES string of the molecule is C=CCC1(CC=C)N=C(OC)[C@@]2(CC[C@@](C)(COC)C2(C)C)OC1=O. The van der Waals surface area contributed by atoms with E-state index in [1.165, 1.54) is 0 Å². The van der Waals surface area contributed by atoms with Gasteiger partial charge in [0.25, 0.3) is 0 Å². The predicted octanol–water partition coefficient (Wildman–Crippen LogP) is 3.69. The van der Waals surface area contributed by atoms with Gasteiger partial charge in [-0.2, -0.15) is 0 Å². The number of carbonyl (C=O) groups excluding carboxylic acids is 1. The van der Waals surface area contributed by atoms with E-state index in [9.17, 15) is 4.79 Å². The summed E-state index contributed by atoms with van der Waals surface area (Å²) < 4.78 is 17.3. The highest BCUT2D eigenvalue weighted by Crippen LogP contribution is 2.61. The number of methoxy groups -OCH3 is 2. The maximum absolute atomic E-state index is 13.1. The van der Waals surface area contributed by atoms with E-state index in [2.05, 4.69) is 33.9 Å². The molecule has 1 aliphatic heterocycles. The summed E-state index contributed by atoms with van der Waals surface area (Å²) in [6.07, 6.45) is 5.67. The smallest absolute Gasteiger partial charge is 0.335 e. The van der Waals surface area contributed by atoms with E-state index < -0.39 is 16.6 Å². The molecule has 140 valence electrons. The Hall–Kier alpha value is -1.62. The van der Waals surface area contributed by atoms with Crippen LogP contribution < -0.4 is 0 Å². The quantitative estimate of drug-likeness (QED) is 0.542. The van der Waals surface area contributed by atoms with Crippen LogP contribution in [0, 0.1) is 10.8 Å². The maximum Gasteiger partial charge on any atom is 0.335 e. The molecule has 1 aliphatic carbocycles. The van der Waals surface area contributed by atoms with Gasteiger partial charge in [-0.3, -0.25) is 0 Å². The number of hydrogen-bond acceptors (Lipinski definition) is 5.